The molecule has 0 bridgehead atoms. The van der Waals surface area contributed by atoms with Crippen LogP contribution in [0.25, 0.3) is 0 Å². The van der Waals surface area contributed by atoms with Crippen molar-refractivity contribution in [3.63, 3.8) is 0 Å². The van der Waals surface area contributed by atoms with E-state index in [0.717, 1.165) is 30.7 Å². The Bertz CT molecular complexity index is 695. The summed E-state index contributed by atoms with van der Waals surface area (Å²) in [5, 5.41) is 4.56. The molecule has 4 nitrogen and oxygen atoms in total. The molecule has 0 aliphatic carbocycles. The zero-order valence-corrected chi connectivity index (χ0v) is 16.7. The molecule has 0 heterocycles. The summed E-state index contributed by atoms with van der Waals surface area (Å²) >= 11 is 12.6. The van der Waals surface area contributed by atoms with E-state index in [1.54, 1.807) is 7.11 Å². The lowest BCUT2D eigenvalue weighted by Gasteiger charge is -2.16. The number of halogens is 2. The third-order valence-electron chi connectivity index (χ3n) is 3.73. The maximum absolute atomic E-state index is 6.45. The molecule has 6 heteroatoms. The van der Waals surface area contributed by atoms with Crippen LogP contribution in [0.2, 0.25) is 10.0 Å². The van der Waals surface area contributed by atoms with E-state index in [2.05, 4.69) is 5.32 Å². The van der Waals surface area contributed by atoms with Crippen LogP contribution in [0.1, 0.15) is 24.5 Å². The highest BCUT2D eigenvalue weighted by Gasteiger charge is 2.13. The van der Waals surface area contributed by atoms with Gasteiger partial charge in [-0.25, -0.2) is 0 Å². The van der Waals surface area contributed by atoms with Gasteiger partial charge in [-0.3, -0.25) is 0 Å². The van der Waals surface area contributed by atoms with E-state index in [0.29, 0.717) is 41.3 Å². The Balaban J connectivity index is 2.06. The maximum Gasteiger partial charge on any atom is 0.180 e. The Morgan fingerprint density at radius 2 is 1.85 bits per heavy atom. The molecule has 0 atom stereocenters. The minimum atomic E-state index is 0.327. The van der Waals surface area contributed by atoms with Crippen LogP contribution in [0.15, 0.2) is 36.4 Å². The molecule has 2 rings (SSSR count). The van der Waals surface area contributed by atoms with Crippen molar-refractivity contribution in [1.82, 2.24) is 5.32 Å². The average Bonchev–Trinajstić information content (AvgIpc) is 2.62. The largest absolute Gasteiger partial charge is 0.490 e. The molecule has 1 N–H and O–H groups in total. The smallest absolute Gasteiger partial charge is 0.180 e. The highest BCUT2D eigenvalue weighted by Crippen LogP contribution is 2.37. The fourth-order valence-corrected chi connectivity index (χ4v) is 2.94. The molecule has 0 aliphatic heterocycles. The molecule has 0 spiro atoms. The van der Waals surface area contributed by atoms with Crippen molar-refractivity contribution < 1.29 is 14.2 Å². The van der Waals surface area contributed by atoms with Crippen LogP contribution in [-0.4, -0.2) is 26.9 Å². The molecule has 0 unspecified atom stereocenters. The predicted octanol–water partition coefficient (Wildman–Crippen LogP) is 5.10. The van der Waals surface area contributed by atoms with Crippen molar-refractivity contribution in [2.75, 3.05) is 26.9 Å². The van der Waals surface area contributed by atoms with Gasteiger partial charge in [-0.05, 0) is 43.7 Å². The van der Waals surface area contributed by atoms with E-state index in [4.69, 9.17) is 37.4 Å². The van der Waals surface area contributed by atoms with Crippen molar-refractivity contribution in [1.29, 1.82) is 0 Å². The molecule has 0 aliphatic rings. The van der Waals surface area contributed by atoms with E-state index in [1.807, 2.05) is 43.3 Å². The molecule has 0 radical (unpaired) electrons. The Labute approximate surface area is 165 Å². The lowest BCUT2D eigenvalue weighted by molar-refractivity contribution is 0.194. The van der Waals surface area contributed by atoms with Gasteiger partial charge in [-0.2, -0.15) is 0 Å². The molecular formula is C20H25Cl2NO3. The molecule has 0 saturated carbocycles. The number of benzene rings is 2. The topological polar surface area (TPSA) is 39.7 Å². The second-order valence-corrected chi connectivity index (χ2v) is 6.56. The van der Waals surface area contributed by atoms with Crippen molar-refractivity contribution in [2.24, 2.45) is 0 Å². The average molecular weight is 398 g/mol. The first-order valence-corrected chi connectivity index (χ1v) is 9.42. The minimum absolute atomic E-state index is 0.327. The first-order chi connectivity index (χ1) is 12.7. The van der Waals surface area contributed by atoms with Crippen LogP contribution < -0.4 is 14.8 Å². The van der Waals surface area contributed by atoms with Crippen LogP contribution in [0.3, 0.4) is 0 Å². The lowest BCUT2D eigenvalue weighted by atomic mass is 10.2. The summed E-state index contributed by atoms with van der Waals surface area (Å²) in [6.45, 7) is 5.11. The number of ether oxygens (including phenoxy) is 3. The summed E-state index contributed by atoms with van der Waals surface area (Å²) in [4.78, 5) is 0. The van der Waals surface area contributed by atoms with E-state index in [-0.39, 0.29) is 0 Å². The third kappa shape index (κ3) is 6.36. The third-order valence-corrected chi connectivity index (χ3v) is 4.38. The summed E-state index contributed by atoms with van der Waals surface area (Å²) in [5.41, 5.74) is 1.94. The van der Waals surface area contributed by atoms with Crippen LogP contribution in [0, 0.1) is 0 Å². The van der Waals surface area contributed by atoms with Gasteiger partial charge in [0.1, 0.15) is 6.61 Å². The highest BCUT2D eigenvalue weighted by molar-refractivity contribution is 6.32. The number of nitrogens with one attached hydrogen (secondary N) is 1. The zero-order valence-electron chi connectivity index (χ0n) is 15.2. The number of rotatable bonds is 11. The fraction of sp³-hybridized carbons (Fsp3) is 0.400. The van der Waals surface area contributed by atoms with Crippen LogP contribution in [0.4, 0.5) is 0 Å². The quantitative estimate of drug-likeness (QED) is 0.535. The Morgan fingerprint density at radius 1 is 1.04 bits per heavy atom. The van der Waals surface area contributed by atoms with Crippen LogP contribution in [-0.2, 0) is 17.9 Å². The first kappa shape index (κ1) is 20.8. The van der Waals surface area contributed by atoms with Gasteiger partial charge in [0.05, 0.1) is 11.6 Å². The minimum Gasteiger partial charge on any atom is -0.490 e. The summed E-state index contributed by atoms with van der Waals surface area (Å²) in [6, 6.07) is 11.4. The molecule has 142 valence electrons. The molecule has 2 aromatic rings. The van der Waals surface area contributed by atoms with Crippen molar-refractivity contribution >= 4 is 23.2 Å². The van der Waals surface area contributed by atoms with E-state index < -0.39 is 0 Å². The Morgan fingerprint density at radius 3 is 2.58 bits per heavy atom. The van der Waals surface area contributed by atoms with E-state index in [9.17, 15) is 0 Å². The second kappa shape index (κ2) is 11.3. The monoisotopic (exact) mass is 397 g/mol. The van der Waals surface area contributed by atoms with Crippen molar-refractivity contribution in [3.8, 4) is 11.5 Å². The van der Waals surface area contributed by atoms with Gasteiger partial charge < -0.3 is 19.5 Å². The van der Waals surface area contributed by atoms with Gasteiger partial charge in [-0.1, -0.05) is 41.4 Å². The highest BCUT2D eigenvalue weighted by atomic mass is 35.5. The van der Waals surface area contributed by atoms with E-state index in [1.165, 1.54) is 0 Å². The summed E-state index contributed by atoms with van der Waals surface area (Å²) in [6.07, 6.45) is 0.960. The normalized spacial score (nSPS) is 10.8. The lowest BCUT2D eigenvalue weighted by Crippen LogP contribution is -2.16. The van der Waals surface area contributed by atoms with Gasteiger partial charge >= 0.3 is 0 Å². The van der Waals surface area contributed by atoms with Gasteiger partial charge in [0, 0.05) is 30.8 Å². The van der Waals surface area contributed by atoms with Gasteiger partial charge in [0.15, 0.2) is 11.5 Å². The molecule has 0 fully saturated rings. The fourth-order valence-electron chi connectivity index (χ4n) is 2.47. The van der Waals surface area contributed by atoms with Gasteiger partial charge in [-0.15, -0.1) is 0 Å². The maximum atomic E-state index is 6.45. The summed E-state index contributed by atoms with van der Waals surface area (Å²) in [7, 11) is 1.70. The first-order valence-electron chi connectivity index (χ1n) is 8.66. The summed E-state index contributed by atoms with van der Waals surface area (Å²) in [5.74, 6) is 1.18. The SMILES string of the molecule is CCOc1cc(CNCCCOC)cc(Cl)c1OCc1ccccc1Cl. The van der Waals surface area contributed by atoms with Crippen molar-refractivity contribution in [3.05, 3.63) is 57.6 Å². The molecular weight excluding hydrogens is 373 g/mol. The van der Waals surface area contributed by atoms with Crippen molar-refractivity contribution in [2.45, 2.75) is 26.5 Å². The van der Waals surface area contributed by atoms with Gasteiger partial charge in [0.2, 0.25) is 0 Å². The van der Waals surface area contributed by atoms with Gasteiger partial charge in [0.25, 0.3) is 0 Å². The van der Waals surface area contributed by atoms with Crippen LogP contribution >= 0.6 is 23.2 Å². The molecule has 0 aromatic heterocycles. The van der Waals surface area contributed by atoms with Crippen LogP contribution in [0.5, 0.6) is 11.5 Å². The molecule has 2 aromatic carbocycles. The summed E-state index contributed by atoms with van der Waals surface area (Å²) < 4.78 is 16.7. The zero-order chi connectivity index (χ0) is 18.8. The standard InChI is InChI=1S/C20H25Cl2NO3/c1-3-25-19-12-15(13-23-9-6-10-24-2)11-18(22)20(19)26-14-16-7-4-5-8-17(16)21/h4-5,7-8,11-12,23H,3,6,9-10,13-14H2,1-2H3. The predicted molar refractivity (Wildman–Crippen MR) is 107 cm³/mol. The molecule has 0 amide bonds. The Kier molecular flexibility index (Phi) is 9.06. The number of hydrogen-bond donors (Lipinski definition) is 1. The number of methoxy groups -OCH3 is 1. The number of hydrogen-bond acceptors (Lipinski definition) is 4. The van der Waals surface area contributed by atoms with E-state index >= 15 is 0 Å². The molecule has 26 heavy (non-hydrogen) atoms. The Hall–Kier alpha value is -1.46. The second-order valence-electron chi connectivity index (χ2n) is 5.74. The molecule has 0 saturated heterocycles.